The highest BCUT2D eigenvalue weighted by Gasteiger charge is 2.05. The van der Waals surface area contributed by atoms with E-state index in [1.165, 1.54) is 22.3 Å². The predicted octanol–water partition coefficient (Wildman–Crippen LogP) is 4.78. The fourth-order valence-electron chi connectivity index (χ4n) is 1.85. The van der Waals surface area contributed by atoms with Crippen LogP contribution in [0.3, 0.4) is 0 Å². The number of hydrogen-bond acceptors (Lipinski definition) is 0. The Morgan fingerprint density at radius 1 is 0.938 bits per heavy atom. The van der Waals surface area contributed by atoms with Crippen molar-refractivity contribution in [2.75, 3.05) is 0 Å². The first-order valence-electron chi connectivity index (χ1n) is 5.65. The molecule has 0 saturated carbocycles. The Kier molecular flexibility index (Phi) is 3.21. The van der Waals surface area contributed by atoms with Crippen molar-refractivity contribution < 1.29 is 0 Å². The quantitative estimate of drug-likeness (QED) is 0.681. The van der Waals surface area contributed by atoms with E-state index in [2.05, 4.69) is 62.0 Å². The zero-order valence-corrected chi connectivity index (χ0v) is 9.61. The molecule has 16 heavy (non-hydrogen) atoms. The van der Waals surface area contributed by atoms with Crippen LogP contribution in [0.5, 0.6) is 0 Å². The Hall–Kier alpha value is -1.82. The van der Waals surface area contributed by atoms with E-state index in [1.807, 2.05) is 6.07 Å². The van der Waals surface area contributed by atoms with Crippen molar-refractivity contribution in [1.82, 2.24) is 0 Å². The molecule has 0 unspecified atom stereocenters. The van der Waals surface area contributed by atoms with Gasteiger partial charge in [-0.15, -0.1) is 0 Å². The summed E-state index contributed by atoms with van der Waals surface area (Å²) < 4.78 is 0. The molecule has 0 atom stereocenters. The van der Waals surface area contributed by atoms with Gasteiger partial charge in [0.25, 0.3) is 0 Å². The van der Waals surface area contributed by atoms with Crippen molar-refractivity contribution in [1.29, 1.82) is 0 Å². The fourth-order valence-corrected chi connectivity index (χ4v) is 1.85. The van der Waals surface area contributed by atoms with Gasteiger partial charge < -0.3 is 0 Å². The van der Waals surface area contributed by atoms with E-state index in [0.29, 0.717) is 0 Å². The first-order valence-corrected chi connectivity index (χ1v) is 5.65. The predicted molar refractivity (Wildman–Crippen MR) is 71.2 cm³/mol. The van der Waals surface area contributed by atoms with Crippen molar-refractivity contribution in [3.8, 4) is 11.1 Å². The van der Waals surface area contributed by atoms with Crippen molar-refractivity contribution in [3.05, 3.63) is 66.7 Å². The Labute approximate surface area is 97.3 Å². The molecule has 0 aromatic heterocycles. The minimum atomic E-state index is 0.990. The van der Waals surface area contributed by atoms with Gasteiger partial charge in [0.05, 0.1) is 0 Å². The van der Waals surface area contributed by atoms with Gasteiger partial charge in [-0.25, -0.2) is 0 Å². The smallest absolute Gasteiger partial charge is 0.0109 e. The molecule has 0 heterocycles. The molecule has 0 heteroatoms. The zero-order chi connectivity index (χ0) is 11.4. The molecule has 0 amide bonds. The maximum atomic E-state index is 4.13. The molecule has 0 aliphatic rings. The van der Waals surface area contributed by atoms with Gasteiger partial charge in [0.1, 0.15) is 0 Å². The van der Waals surface area contributed by atoms with Crippen molar-refractivity contribution in [2.45, 2.75) is 13.3 Å². The summed E-state index contributed by atoms with van der Waals surface area (Å²) in [5, 5.41) is 0. The van der Waals surface area contributed by atoms with Crippen LogP contribution in [0.15, 0.2) is 61.2 Å². The maximum Gasteiger partial charge on any atom is -0.0109 e. The maximum absolute atomic E-state index is 4.13. The molecule has 0 nitrogen and oxygen atoms in total. The van der Waals surface area contributed by atoms with E-state index < -0.39 is 0 Å². The Bertz CT molecular complexity index is 480. The van der Waals surface area contributed by atoms with E-state index in [9.17, 15) is 0 Å². The lowest BCUT2D eigenvalue weighted by Crippen LogP contribution is -1.87. The van der Waals surface area contributed by atoms with Crippen LogP contribution in [-0.4, -0.2) is 0 Å². The van der Waals surface area contributed by atoms with Gasteiger partial charge in [0.15, 0.2) is 0 Å². The van der Waals surface area contributed by atoms with E-state index in [4.69, 9.17) is 0 Å². The van der Waals surface area contributed by atoms with E-state index in [1.54, 1.807) is 0 Å². The first-order chi connectivity index (χ1) is 7.83. The third kappa shape index (κ3) is 2.06. The molecule has 0 bridgehead atoms. The lowest BCUT2D eigenvalue weighted by Gasteiger charge is -2.10. The molecule has 2 aromatic rings. The highest BCUT2D eigenvalue weighted by atomic mass is 14.1. The average molecular weight is 208 g/mol. The Morgan fingerprint density at radius 3 is 2.25 bits per heavy atom. The molecule has 80 valence electrons. The summed E-state index contributed by atoms with van der Waals surface area (Å²) in [5.74, 6) is 0. The van der Waals surface area contributed by atoms with Crippen LogP contribution in [0.4, 0.5) is 0 Å². The number of allylic oxidation sites excluding steroid dienone is 1. The molecular formula is C16H16. The normalized spacial score (nSPS) is 10.1. The Balaban J connectivity index is 2.53. The standard InChI is InChI=1S/C16H16/c1-3-13(2)15-11-7-8-12-16(15)14-9-5-4-6-10-14/h4-12H,2-3H2,1H3. The molecule has 2 aromatic carbocycles. The molecule has 0 N–H and O–H groups in total. The van der Waals surface area contributed by atoms with Crippen LogP contribution in [0, 0.1) is 0 Å². The number of benzene rings is 2. The summed E-state index contributed by atoms with van der Waals surface area (Å²) in [6, 6.07) is 18.9. The largest absolute Gasteiger partial charge is 0.0952 e. The lowest BCUT2D eigenvalue weighted by atomic mass is 9.94. The monoisotopic (exact) mass is 208 g/mol. The minimum Gasteiger partial charge on any atom is -0.0952 e. The van der Waals surface area contributed by atoms with E-state index in [0.717, 1.165) is 6.42 Å². The summed E-state index contributed by atoms with van der Waals surface area (Å²) >= 11 is 0. The second-order valence-corrected chi connectivity index (χ2v) is 3.87. The van der Waals surface area contributed by atoms with E-state index in [-0.39, 0.29) is 0 Å². The molecular weight excluding hydrogens is 192 g/mol. The molecule has 2 rings (SSSR count). The van der Waals surface area contributed by atoms with Crippen LogP contribution < -0.4 is 0 Å². The summed E-state index contributed by atoms with van der Waals surface area (Å²) in [7, 11) is 0. The highest BCUT2D eigenvalue weighted by molar-refractivity contribution is 5.80. The molecule has 0 radical (unpaired) electrons. The summed E-state index contributed by atoms with van der Waals surface area (Å²) in [4.78, 5) is 0. The van der Waals surface area contributed by atoms with Gasteiger partial charge in [-0.3, -0.25) is 0 Å². The third-order valence-corrected chi connectivity index (χ3v) is 2.82. The van der Waals surface area contributed by atoms with Gasteiger partial charge in [-0.1, -0.05) is 68.1 Å². The molecule has 0 saturated heterocycles. The van der Waals surface area contributed by atoms with Crippen LogP contribution in [0.1, 0.15) is 18.9 Å². The van der Waals surface area contributed by atoms with Crippen LogP contribution in [0.2, 0.25) is 0 Å². The Morgan fingerprint density at radius 2 is 1.56 bits per heavy atom. The third-order valence-electron chi connectivity index (χ3n) is 2.82. The lowest BCUT2D eigenvalue weighted by molar-refractivity contribution is 1.25. The summed E-state index contributed by atoms with van der Waals surface area (Å²) in [6.07, 6.45) is 0.990. The molecule has 0 spiro atoms. The van der Waals surface area contributed by atoms with Gasteiger partial charge in [-0.05, 0) is 28.7 Å². The van der Waals surface area contributed by atoms with Crippen molar-refractivity contribution >= 4 is 5.57 Å². The molecule has 0 aliphatic heterocycles. The van der Waals surface area contributed by atoms with Gasteiger partial charge in [0, 0.05) is 0 Å². The van der Waals surface area contributed by atoms with Crippen molar-refractivity contribution in [3.63, 3.8) is 0 Å². The summed E-state index contributed by atoms with van der Waals surface area (Å²) in [6.45, 7) is 6.27. The van der Waals surface area contributed by atoms with Gasteiger partial charge in [0.2, 0.25) is 0 Å². The highest BCUT2D eigenvalue weighted by Crippen LogP contribution is 2.29. The fraction of sp³-hybridized carbons (Fsp3) is 0.125. The molecule has 0 fully saturated rings. The van der Waals surface area contributed by atoms with Gasteiger partial charge in [-0.2, -0.15) is 0 Å². The second-order valence-electron chi connectivity index (χ2n) is 3.87. The van der Waals surface area contributed by atoms with Gasteiger partial charge >= 0.3 is 0 Å². The topological polar surface area (TPSA) is 0 Å². The SMILES string of the molecule is C=C(CC)c1ccccc1-c1ccccc1. The van der Waals surface area contributed by atoms with Crippen molar-refractivity contribution in [2.24, 2.45) is 0 Å². The first kappa shape index (κ1) is 10.7. The van der Waals surface area contributed by atoms with Crippen LogP contribution in [0.25, 0.3) is 16.7 Å². The average Bonchev–Trinajstić information content (AvgIpc) is 2.39. The second kappa shape index (κ2) is 4.80. The van der Waals surface area contributed by atoms with E-state index >= 15 is 0 Å². The number of hydrogen-bond donors (Lipinski definition) is 0. The zero-order valence-electron chi connectivity index (χ0n) is 9.61. The number of rotatable bonds is 3. The van der Waals surface area contributed by atoms with Crippen LogP contribution in [-0.2, 0) is 0 Å². The minimum absolute atomic E-state index is 0.990. The summed E-state index contributed by atoms with van der Waals surface area (Å²) in [5.41, 5.74) is 4.98. The van der Waals surface area contributed by atoms with Crippen LogP contribution >= 0.6 is 0 Å². The molecule has 0 aliphatic carbocycles.